The van der Waals surface area contributed by atoms with Crippen molar-refractivity contribution < 1.29 is 15.0 Å². The molecule has 2 rings (SSSR count). The quantitative estimate of drug-likeness (QED) is 0.649. The first-order valence-electron chi connectivity index (χ1n) is 5.05. The van der Waals surface area contributed by atoms with Gasteiger partial charge in [0.15, 0.2) is 5.84 Å². The van der Waals surface area contributed by atoms with Gasteiger partial charge in [-0.15, -0.1) is 5.10 Å². The summed E-state index contributed by atoms with van der Waals surface area (Å²) in [7, 11) is 3.17. The number of amidine groups is 1. The zero-order chi connectivity index (χ0) is 12.6. The van der Waals surface area contributed by atoms with Crippen LogP contribution in [0.5, 0.6) is 0 Å². The van der Waals surface area contributed by atoms with Gasteiger partial charge in [-0.2, -0.15) is 5.01 Å². The smallest absolute Gasteiger partial charge is 0.315 e. The van der Waals surface area contributed by atoms with Gasteiger partial charge in [-0.25, -0.2) is 0 Å². The Hall–Kier alpha value is -1.92. The highest BCUT2D eigenvalue weighted by atomic mass is 16.5. The number of para-hydroxylation sites is 1. The molecular weight excluding hydrogens is 222 g/mol. The molecule has 2 N–H and O–H groups in total. The van der Waals surface area contributed by atoms with Gasteiger partial charge < -0.3 is 15.1 Å². The molecule has 1 aliphatic heterocycles. The molecule has 0 saturated heterocycles. The van der Waals surface area contributed by atoms with E-state index in [0.717, 1.165) is 5.01 Å². The van der Waals surface area contributed by atoms with Crippen LogP contribution in [0.1, 0.15) is 0 Å². The second kappa shape index (κ2) is 3.83. The van der Waals surface area contributed by atoms with Crippen LogP contribution < -0.4 is 5.01 Å². The van der Waals surface area contributed by atoms with Crippen molar-refractivity contribution in [2.24, 2.45) is 5.10 Å². The Kier molecular flexibility index (Phi) is 2.60. The second-order valence-corrected chi connectivity index (χ2v) is 3.94. The van der Waals surface area contributed by atoms with Gasteiger partial charge in [-0.3, -0.25) is 4.79 Å². The number of aliphatic hydroxyl groups is 2. The highest BCUT2D eigenvalue weighted by molar-refractivity contribution is 6.19. The number of carbonyl (C=O) groups excluding carboxylic acids is 1. The predicted octanol–water partition coefficient (Wildman–Crippen LogP) is -0.411. The normalized spacial score (nSPS) is 18.2. The minimum absolute atomic E-state index is 0.105. The summed E-state index contributed by atoms with van der Waals surface area (Å²) in [6, 6.07) is 8.60. The molecule has 0 spiro atoms. The van der Waals surface area contributed by atoms with Crippen molar-refractivity contribution in [3.05, 3.63) is 30.3 Å². The zero-order valence-corrected chi connectivity index (χ0v) is 9.53. The van der Waals surface area contributed by atoms with Crippen molar-refractivity contribution >= 4 is 17.4 Å². The third kappa shape index (κ3) is 1.77. The summed E-state index contributed by atoms with van der Waals surface area (Å²) >= 11 is 0. The molecule has 1 amide bonds. The van der Waals surface area contributed by atoms with Crippen molar-refractivity contribution in [2.75, 3.05) is 19.1 Å². The van der Waals surface area contributed by atoms with Gasteiger partial charge in [0, 0.05) is 14.1 Å². The van der Waals surface area contributed by atoms with E-state index in [2.05, 4.69) is 5.10 Å². The first kappa shape index (κ1) is 11.6. The molecule has 1 heterocycles. The summed E-state index contributed by atoms with van der Waals surface area (Å²) in [6.45, 7) is 0. The van der Waals surface area contributed by atoms with Crippen LogP contribution in [-0.2, 0) is 4.79 Å². The van der Waals surface area contributed by atoms with Crippen LogP contribution in [-0.4, -0.2) is 46.7 Å². The van der Waals surface area contributed by atoms with Crippen molar-refractivity contribution in [3.8, 4) is 0 Å². The molecule has 0 bridgehead atoms. The first-order chi connectivity index (χ1) is 7.94. The highest BCUT2D eigenvalue weighted by Crippen LogP contribution is 2.25. The molecule has 0 aliphatic carbocycles. The van der Waals surface area contributed by atoms with E-state index in [9.17, 15) is 15.0 Å². The van der Waals surface area contributed by atoms with Crippen molar-refractivity contribution in [3.63, 3.8) is 0 Å². The van der Waals surface area contributed by atoms with E-state index in [1.165, 1.54) is 4.90 Å². The standard InChI is InChI=1S/C11H13N3O3/c1-13(2)9-11(16,17)10(15)14(12-9)8-6-4-3-5-7-8/h3-7,16-17H,1-2H3. The lowest BCUT2D eigenvalue weighted by atomic mass is 10.2. The third-order valence-electron chi connectivity index (χ3n) is 2.42. The Morgan fingerprint density at radius 3 is 2.29 bits per heavy atom. The fourth-order valence-corrected chi connectivity index (χ4v) is 1.60. The molecule has 0 atom stereocenters. The maximum Gasteiger partial charge on any atom is 0.315 e. The Bertz CT molecular complexity index is 468. The predicted molar refractivity (Wildman–Crippen MR) is 62.2 cm³/mol. The molecule has 0 unspecified atom stereocenters. The van der Waals surface area contributed by atoms with Crippen LogP contribution in [0.4, 0.5) is 5.69 Å². The summed E-state index contributed by atoms with van der Waals surface area (Å²) in [5.74, 6) is -3.56. The van der Waals surface area contributed by atoms with E-state index < -0.39 is 11.7 Å². The van der Waals surface area contributed by atoms with Crippen LogP contribution in [0.3, 0.4) is 0 Å². The molecule has 0 saturated carbocycles. The third-order valence-corrected chi connectivity index (χ3v) is 2.42. The van der Waals surface area contributed by atoms with E-state index in [1.54, 1.807) is 44.4 Å². The van der Waals surface area contributed by atoms with Crippen molar-refractivity contribution in [1.29, 1.82) is 0 Å². The van der Waals surface area contributed by atoms with Gasteiger partial charge in [0.25, 0.3) is 0 Å². The lowest BCUT2D eigenvalue weighted by molar-refractivity contribution is -0.157. The summed E-state index contributed by atoms with van der Waals surface area (Å²) in [6.07, 6.45) is 0. The molecule has 0 radical (unpaired) electrons. The molecule has 6 heteroatoms. The first-order valence-corrected chi connectivity index (χ1v) is 5.05. The Morgan fingerprint density at radius 2 is 1.82 bits per heavy atom. The van der Waals surface area contributed by atoms with E-state index in [4.69, 9.17) is 0 Å². The average molecular weight is 235 g/mol. The zero-order valence-electron chi connectivity index (χ0n) is 9.53. The molecule has 0 fully saturated rings. The van der Waals surface area contributed by atoms with Gasteiger partial charge >= 0.3 is 11.7 Å². The number of likely N-dealkylation sites (N-methyl/N-ethyl adjacent to an activating group) is 1. The number of anilines is 1. The molecular formula is C11H13N3O3. The number of rotatable bonds is 1. The molecule has 1 aromatic rings. The Balaban J connectivity index is 2.43. The molecule has 90 valence electrons. The molecule has 17 heavy (non-hydrogen) atoms. The highest BCUT2D eigenvalue weighted by Gasteiger charge is 2.50. The number of carbonyl (C=O) groups is 1. The average Bonchev–Trinajstić information content (AvgIpc) is 2.52. The van der Waals surface area contributed by atoms with Gasteiger partial charge in [0.05, 0.1) is 5.69 Å². The second-order valence-electron chi connectivity index (χ2n) is 3.94. The van der Waals surface area contributed by atoms with E-state index in [1.807, 2.05) is 0 Å². The summed E-state index contributed by atoms with van der Waals surface area (Å²) < 4.78 is 0. The topological polar surface area (TPSA) is 76.4 Å². The minimum atomic E-state index is -2.57. The lowest BCUT2D eigenvalue weighted by Crippen LogP contribution is -2.50. The number of hydrogen-bond acceptors (Lipinski definition) is 5. The van der Waals surface area contributed by atoms with E-state index in [0.29, 0.717) is 5.69 Å². The molecule has 1 aliphatic rings. The fraction of sp³-hybridized carbons (Fsp3) is 0.273. The SMILES string of the molecule is CN(C)C1=NN(c2ccccc2)C(=O)C1(O)O. The number of hydrogen-bond donors (Lipinski definition) is 2. The maximum atomic E-state index is 11.8. The van der Waals surface area contributed by atoms with Crippen molar-refractivity contribution in [2.45, 2.75) is 5.79 Å². The summed E-state index contributed by atoms with van der Waals surface area (Å²) in [5, 5.41) is 24.3. The minimum Gasteiger partial charge on any atom is -0.360 e. The summed E-state index contributed by atoms with van der Waals surface area (Å²) in [5.41, 5.74) is 0.488. The number of benzene rings is 1. The molecule has 6 nitrogen and oxygen atoms in total. The van der Waals surface area contributed by atoms with Crippen LogP contribution in [0.2, 0.25) is 0 Å². The largest absolute Gasteiger partial charge is 0.360 e. The van der Waals surface area contributed by atoms with Gasteiger partial charge in [-0.1, -0.05) is 18.2 Å². The fourth-order valence-electron chi connectivity index (χ4n) is 1.60. The number of hydrazone groups is 1. The number of nitrogens with zero attached hydrogens (tertiary/aromatic N) is 3. The van der Waals surface area contributed by atoms with Crippen molar-refractivity contribution in [1.82, 2.24) is 4.90 Å². The van der Waals surface area contributed by atoms with E-state index in [-0.39, 0.29) is 5.84 Å². The van der Waals surface area contributed by atoms with Crippen LogP contribution in [0.15, 0.2) is 35.4 Å². The number of amides is 1. The van der Waals surface area contributed by atoms with E-state index >= 15 is 0 Å². The van der Waals surface area contributed by atoms with Crippen LogP contribution in [0, 0.1) is 0 Å². The van der Waals surface area contributed by atoms with Crippen LogP contribution >= 0.6 is 0 Å². The van der Waals surface area contributed by atoms with Gasteiger partial charge in [0.2, 0.25) is 0 Å². The summed E-state index contributed by atoms with van der Waals surface area (Å²) in [4.78, 5) is 13.2. The molecule has 0 aromatic heterocycles. The Morgan fingerprint density at radius 1 is 1.24 bits per heavy atom. The van der Waals surface area contributed by atoms with Crippen LogP contribution in [0.25, 0.3) is 0 Å². The Labute approximate surface area is 98.4 Å². The molecule has 1 aromatic carbocycles. The van der Waals surface area contributed by atoms with Gasteiger partial charge in [0.1, 0.15) is 0 Å². The monoisotopic (exact) mass is 235 g/mol. The lowest BCUT2D eigenvalue weighted by Gasteiger charge is -2.20. The maximum absolute atomic E-state index is 11.8. The van der Waals surface area contributed by atoms with Gasteiger partial charge in [-0.05, 0) is 12.1 Å².